The molecule has 0 saturated carbocycles. The number of benzene rings is 3. The summed E-state index contributed by atoms with van der Waals surface area (Å²) < 4.78 is 5.40. The number of rotatable bonds is 7. The fraction of sp³-hybridized carbons (Fsp3) is 0.185. The van der Waals surface area contributed by atoms with E-state index in [2.05, 4.69) is 4.98 Å². The van der Waals surface area contributed by atoms with Gasteiger partial charge in [0, 0.05) is 29.2 Å². The number of aliphatic hydroxyl groups excluding tert-OH is 1. The van der Waals surface area contributed by atoms with Crippen LogP contribution in [0.1, 0.15) is 34.0 Å². The minimum absolute atomic E-state index is 0.0756. The number of aromatic nitrogens is 1. The SMILES string of the molecule is CCc1ccc(C(=O)c2ccc3nc(OC)cc(-c4cccc(CCO)c4)c3c2)cc1O. The van der Waals surface area contributed by atoms with Crippen LogP contribution < -0.4 is 4.74 Å². The number of phenols is 1. The quantitative estimate of drug-likeness (QED) is 0.408. The highest BCUT2D eigenvalue weighted by Crippen LogP contribution is 2.33. The molecule has 5 heteroatoms. The number of methoxy groups -OCH3 is 1. The van der Waals surface area contributed by atoms with Crippen molar-refractivity contribution in [2.24, 2.45) is 0 Å². The second kappa shape index (κ2) is 9.20. The predicted molar refractivity (Wildman–Crippen MR) is 125 cm³/mol. The Balaban J connectivity index is 1.84. The first-order valence-electron chi connectivity index (χ1n) is 10.6. The Morgan fingerprint density at radius 2 is 1.78 bits per heavy atom. The first-order valence-corrected chi connectivity index (χ1v) is 10.6. The molecule has 0 amide bonds. The van der Waals surface area contributed by atoms with E-state index in [4.69, 9.17) is 4.74 Å². The number of aryl methyl sites for hydroxylation is 1. The molecule has 0 saturated heterocycles. The van der Waals surface area contributed by atoms with Gasteiger partial charge < -0.3 is 14.9 Å². The molecule has 0 aliphatic carbocycles. The van der Waals surface area contributed by atoms with Gasteiger partial charge in [0.25, 0.3) is 0 Å². The normalized spacial score (nSPS) is 11.0. The van der Waals surface area contributed by atoms with Gasteiger partial charge in [-0.05, 0) is 59.4 Å². The third-order valence-corrected chi connectivity index (χ3v) is 5.62. The monoisotopic (exact) mass is 427 g/mol. The maximum absolute atomic E-state index is 13.2. The van der Waals surface area contributed by atoms with Crippen molar-refractivity contribution in [1.82, 2.24) is 4.98 Å². The third kappa shape index (κ3) is 4.20. The van der Waals surface area contributed by atoms with Crippen molar-refractivity contribution in [2.75, 3.05) is 13.7 Å². The maximum Gasteiger partial charge on any atom is 0.214 e. The van der Waals surface area contributed by atoms with Gasteiger partial charge in [-0.1, -0.05) is 43.3 Å². The molecule has 4 aromatic rings. The summed E-state index contributed by atoms with van der Waals surface area (Å²) >= 11 is 0. The van der Waals surface area contributed by atoms with Crippen molar-refractivity contribution in [3.8, 4) is 22.8 Å². The molecule has 3 aromatic carbocycles. The molecule has 0 aliphatic rings. The lowest BCUT2D eigenvalue weighted by Gasteiger charge is -2.12. The number of ether oxygens (including phenoxy) is 1. The molecular formula is C27H25NO4. The number of ketones is 1. The highest BCUT2D eigenvalue weighted by Gasteiger charge is 2.15. The first-order chi connectivity index (χ1) is 15.5. The van der Waals surface area contributed by atoms with Crippen LogP contribution in [0.15, 0.2) is 66.7 Å². The predicted octanol–water partition coefficient (Wildman–Crippen LogP) is 4.94. The number of carbonyl (C=O) groups is 1. The van der Waals surface area contributed by atoms with Crippen LogP contribution in [0.3, 0.4) is 0 Å². The fourth-order valence-corrected chi connectivity index (χ4v) is 3.88. The number of pyridine rings is 1. The number of aromatic hydroxyl groups is 1. The average Bonchev–Trinajstić information content (AvgIpc) is 2.82. The molecule has 5 nitrogen and oxygen atoms in total. The van der Waals surface area contributed by atoms with E-state index in [1.165, 1.54) is 6.07 Å². The van der Waals surface area contributed by atoms with E-state index >= 15 is 0 Å². The topological polar surface area (TPSA) is 79.7 Å². The second-order valence-corrected chi connectivity index (χ2v) is 7.64. The van der Waals surface area contributed by atoms with Crippen LogP contribution in [0.25, 0.3) is 22.0 Å². The van der Waals surface area contributed by atoms with Gasteiger partial charge in [-0.3, -0.25) is 4.79 Å². The number of nitrogens with zero attached hydrogens (tertiary/aromatic N) is 1. The van der Waals surface area contributed by atoms with Gasteiger partial charge in [-0.2, -0.15) is 0 Å². The Kier molecular flexibility index (Phi) is 6.19. The highest BCUT2D eigenvalue weighted by atomic mass is 16.5. The molecule has 0 radical (unpaired) electrons. The van der Waals surface area contributed by atoms with Crippen LogP contribution in [0.5, 0.6) is 11.6 Å². The molecule has 0 aliphatic heterocycles. The third-order valence-electron chi connectivity index (χ3n) is 5.62. The van der Waals surface area contributed by atoms with E-state index in [0.717, 1.165) is 27.6 Å². The number of aliphatic hydroxyl groups is 1. The van der Waals surface area contributed by atoms with Crippen molar-refractivity contribution in [3.63, 3.8) is 0 Å². The molecule has 162 valence electrons. The van der Waals surface area contributed by atoms with Gasteiger partial charge in [-0.15, -0.1) is 0 Å². The van der Waals surface area contributed by atoms with Crippen LogP contribution in [0.4, 0.5) is 0 Å². The fourth-order valence-electron chi connectivity index (χ4n) is 3.88. The molecule has 1 aromatic heterocycles. The molecule has 0 spiro atoms. The second-order valence-electron chi connectivity index (χ2n) is 7.64. The smallest absolute Gasteiger partial charge is 0.214 e. The average molecular weight is 428 g/mol. The molecule has 32 heavy (non-hydrogen) atoms. The number of phenolic OH excluding ortho intramolecular Hbond substituents is 1. The van der Waals surface area contributed by atoms with Gasteiger partial charge in [-0.25, -0.2) is 4.98 Å². The van der Waals surface area contributed by atoms with Gasteiger partial charge in [0.1, 0.15) is 5.75 Å². The number of hydrogen-bond donors (Lipinski definition) is 2. The van der Waals surface area contributed by atoms with Gasteiger partial charge >= 0.3 is 0 Å². The summed E-state index contributed by atoms with van der Waals surface area (Å²) in [5.41, 5.74) is 5.34. The Hall–Kier alpha value is -3.70. The minimum atomic E-state index is -0.166. The van der Waals surface area contributed by atoms with Crippen molar-refractivity contribution in [1.29, 1.82) is 0 Å². The summed E-state index contributed by atoms with van der Waals surface area (Å²) in [6, 6.07) is 20.3. The summed E-state index contributed by atoms with van der Waals surface area (Å²) in [7, 11) is 1.57. The number of fused-ring (bicyclic) bond motifs is 1. The summed E-state index contributed by atoms with van der Waals surface area (Å²) in [6.07, 6.45) is 1.26. The number of carbonyl (C=O) groups excluding carboxylic acids is 1. The van der Waals surface area contributed by atoms with Gasteiger partial charge in [0.2, 0.25) is 5.88 Å². The van der Waals surface area contributed by atoms with Crippen molar-refractivity contribution < 1.29 is 19.7 Å². The largest absolute Gasteiger partial charge is 0.508 e. The molecule has 0 atom stereocenters. The van der Waals surface area contributed by atoms with Gasteiger partial charge in [0.15, 0.2) is 5.78 Å². The van der Waals surface area contributed by atoms with E-state index < -0.39 is 0 Å². The molecule has 2 N–H and O–H groups in total. The van der Waals surface area contributed by atoms with E-state index in [1.807, 2.05) is 49.4 Å². The van der Waals surface area contributed by atoms with Crippen LogP contribution >= 0.6 is 0 Å². The van der Waals surface area contributed by atoms with Crippen molar-refractivity contribution in [2.45, 2.75) is 19.8 Å². The molecular weight excluding hydrogens is 402 g/mol. The van der Waals surface area contributed by atoms with E-state index in [1.54, 1.807) is 25.3 Å². The van der Waals surface area contributed by atoms with E-state index in [9.17, 15) is 15.0 Å². The lowest BCUT2D eigenvalue weighted by atomic mass is 9.95. The van der Waals surface area contributed by atoms with E-state index in [0.29, 0.717) is 35.4 Å². The van der Waals surface area contributed by atoms with Crippen molar-refractivity contribution >= 4 is 16.7 Å². The summed E-state index contributed by atoms with van der Waals surface area (Å²) in [5, 5.41) is 20.3. The zero-order valence-electron chi connectivity index (χ0n) is 18.1. The Bertz CT molecular complexity index is 1300. The summed E-state index contributed by atoms with van der Waals surface area (Å²) in [4.78, 5) is 17.7. The maximum atomic E-state index is 13.2. The zero-order chi connectivity index (χ0) is 22.7. The lowest BCUT2D eigenvalue weighted by Crippen LogP contribution is -2.02. The Labute approximate surface area is 187 Å². The van der Waals surface area contributed by atoms with Crippen LogP contribution in [-0.2, 0) is 12.8 Å². The number of hydrogen-bond acceptors (Lipinski definition) is 5. The Morgan fingerprint density at radius 1 is 1.00 bits per heavy atom. The highest BCUT2D eigenvalue weighted by molar-refractivity contribution is 6.11. The lowest BCUT2D eigenvalue weighted by molar-refractivity contribution is 0.103. The van der Waals surface area contributed by atoms with E-state index in [-0.39, 0.29) is 18.1 Å². The molecule has 0 bridgehead atoms. The molecule has 0 fully saturated rings. The molecule has 4 rings (SSSR count). The molecule has 0 unspecified atom stereocenters. The van der Waals surface area contributed by atoms with Crippen LogP contribution in [0, 0.1) is 0 Å². The summed E-state index contributed by atoms with van der Waals surface area (Å²) in [5.74, 6) is 0.451. The Morgan fingerprint density at radius 3 is 2.50 bits per heavy atom. The first kappa shape index (κ1) is 21.5. The van der Waals surface area contributed by atoms with Crippen LogP contribution in [0.2, 0.25) is 0 Å². The van der Waals surface area contributed by atoms with Gasteiger partial charge in [0.05, 0.1) is 12.6 Å². The summed E-state index contributed by atoms with van der Waals surface area (Å²) in [6.45, 7) is 2.03. The zero-order valence-corrected chi connectivity index (χ0v) is 18.1. The molecule has 1 heterocycles. The standard InChI is InChI=1S/C27H25NO4/c1-3-18-7-8-21(15-25(18)30)27(31)20-9-10-24-23(14-20)22(16-26(28-24)32-2)19-6-4-5-17(13-19)11-12-29/h4-10,13-16,29-30H,3,11-12H2,1-2H3. The van der Waals surface area contributed by atoms with Crippen molar-refractivity contribution in [3.05, 3.63) is 89.0 Å². The van der Waals surface area contributed by atoms with Crippen LogP contribution in [-0.4, -0.2) is 34.7 Å². The minimum Gasteiger partial charge on any atom is -0.508 e.